The van der Waals surface area contributed by atoms with Crippen molar-refractivity contribution >= 4 is 40.8 Å². The van der Waals surface area contributed by atoms with E-state index in [1.807, 2.05) is 23.1 Å². The lowest BCUT2D eigenvalue weighted by molar-refractivity contribution is -0.142. The fourth-order valence-corrected chi connectivity index (χ4v) is 6.90. The number of carbonyl (C=O) groups excluding carboxylic acids is 3. The van der Waals surface area contributed by atoms with Crippen LogP contribution < -0.4 is 5.73 Å². The van der Waals surface area contributed by atoms with E-state index < -0.39 is 11.5 Å². The quantitative estimate of drug-likeness (QED) is 0.333. The molecule has 0 bridgehead atoms. The Balaban J connectivity index is 1.06. The number of likely N-dealkylation sites (tertiary alicyclic amines) is 2. The van der Waals surface area contributed by atoms with E-state index in [-0.39, 0.29) is 17.7 Å². The highest BCUT2D eigenvalue weighted by Crippen LogP contribution is 2.32. The Labute approximate surface area is 242 Å². The van der Waals surface area contributed by atoms with Crippen LogP contribution in [0.4, 0.5) is 0 Å². The maximum absolute atomic E-state index is 13.3. The molecular weight excluding hydrogens is 528 g/mol. The second-order valence-electron chi connectivity index (χ2n) is 11.4. The van der Waals surface area contributed by atoms with Crippen LogP contribution in [-0.4, -0.2) is 113 Å². The number of nitrogens with two attached hydrogens (primary N) is 1. The summed E-state index contributed by atoms with van der Waals surface area (Å²) in [6, 6.07) is 0. The molecule has 1 unspecified atom stereocenters. The molecule has 4 aliphatic heterocycles. The summed E-state index contributed by atoms with van der Waals surface area (Å²) in [6.45, 7) is 6.48. The number of amides is 3. The zero-order valence-electron chi connectivity index (χ0n) is 23.4. The maximum atomic E-state index is 13.3. The summed E-state index contributed by atoms with van der Waals surface area (Å²) < 4.78 is 5.45. The standard InChI is InChI=1S/C29H42N6O4S/c30-27(38)29(34-12-4-2-5-13-34)10-15-33(16-11-29)25(36)7-3-1-6-14-35-26(37)23-21-22(32-17-19-39-20-18-32)8-9-24(23)31-28(35)40/h8-9,21,23H,1-7,10-20H2,(H2,30,38). The summed E-state index contributed by atoms with van der Waals surface area (Å²) in [7, 11) is 0. The lowest BCUT2D eigenvalue weighted by Gasteiger charge is -2.48. The van der Waals surface area contributed by atoms with Gasteiger partial charge in [-0.25, -0.2) is 4.99 Å². The first-order valence-corrected chi connectivity index (χ1v) is 15.3. The number of unbranched alkanes of at least 4 members (excludes halogenated alkanes) is 2. The zero-order chi connectivity index (χ0) is 28.1. The highest BCUT2D eigenvalue weighted by atomic mass is 32.1. The predicted molar refractivity (Wildman–Crippen MR) is 156 cm³/mol. The number of piperidine rings is 2. The molecule has 0 radical (unpaired) electrons. The number of primary amides is 1. The molecule has 4 heterocycles. The largest absolute Gasteiger partial charge is 0.378 e. The van der Waals surface area contributed by atoms with E-state index >= 15 is 0 Å². The molecule has 3 amide bonds. The van der Waals surface area contributed by atoms with Gasteiger partial charge in [-0.1, -0.05) is 12.8 Å². The molecule has 5 aliphatic rings. The zero-order valence-corrected chi connectivity index (χ0v) is 24.2. The topological polar surface area (TPSA) is 112 Å². The van der Waals surface area contributed by atoms with Crippen LogP contribution in [0.5, 0.6) is 0 Å². The van der Waals surface area contributed by atoms with Crippen molar-refractivity contribution in [2.24, 2.45) is 16.6 Å². The van der Waals surface area contributed by atoms with E-state index in [1.165, 1.54) is 6.42 Å². The van der Waals surface area contributed by atoms with Gasteiger partial charge in [-0.15, -0.1) is 0 Å². The van der Waals surface area contributed by atoms with Crippen LogP contribution in [0.25, 0.3) is 0 Å². The Morgan fingerprint density at radius 1 is 1.00 bits per heavy atom. The van der Waals surface area contributed by atoms with Crippen molar-refractivity contribution in [1.82, 2.24) is 19.6 Å². The van der Waals surface area contributed by atoms with Crippen LogP contribution in [0.3, 0.4) is 0 Å². The molecule has 11 heteroatoms. The third-order valence-corrected chi connectivity index (χ3v) is 9.39. The molecule has 1 atom stereocenters. The Bertz CT molecular complexity index is 1080. The van der Waals surface area contributed by atoms with Crippen molar-refractivity contribution in [3.63, 3.8) is 0 Å². The SMILES string of the molecule is NC(=O)C1(N2CCCCC2)CCN(C(=O)CCCCCN2C(=O)C3C=C(N4CCOCC4)C=CC3=NC2=S)CC1. The summed E-state index contributed by atoms with van der Waals surface area (Å²) >= 11 is 5.45. The highest BCUT2D eigenvalue weighted by molar-refractivity contribution is 7.80. The number of allylic oxidation sites excluding steroid dienone is 2. The lowest BCUT2D eigenvalue weighted by Crippen LogP contribution is -2.63. The third kappa shape index (κ3) is 6.16. The van der Waals surface area contributed by atoms with Crippen molar-refractivity contribution in [1.29, 1.82) is 0 Å². The van der Waals surface area contributed by atoms with E-state index in [2.05, 4.69) is 14.8 Å². The second-order valence-corrected chi connectivity index (χ2v) is 11.8. The minimum absolute atomic E-state index is 0.0267. The van der Waals surface area contributed by atoms with E-state index in [1.54, 1.807) is 4.90 Å². The molecule has 2 N–H and O–H groups in total. The minimum Gasteiger partial charge on any atom is -0.378 e. The van der Waals surface area contributed by atoms with Gasteiger partial charge in [0.2, 0.25) is 22.8 Å². The average molecular weight is 571 g/mol. The number of aliphatic imine (C=N–C) groups is 1. The van der Waals surface area contributed by atoms with E-state index in [4.69, 9.17) is 22.7 Å². The van der Waals surface area contributed by atoms with Gasteiger partial charge in [-0.2, -0.15) is 0 Å². The Morgan fingerprint density at radius 3 is 2.42 bits per heavy atom. The minimum atomic E-state index is -0.606. The van der Waals surface area contributed by atoms with Gasteiger partial charge in [0.15, 0.2) is 0 Å². The number of ether oxygens (including phenoxy) is 1. The fourth-order valence-electron chi connectivity index (χ4n) is 6.61. The molecule has 5 rings (SSSR count). The molecule has 0 aromatic carbocycles. The molecule has 1 aliphatic carbocycles. The van der Waals surface area contributed by atoms with Crippen molar-refractivity contribution in [3.05, 3.63) is 23.9 Å². The van der Waals surface area contributed by atoms with Gasteiger partial charge in [0.05, 0.1) is 18.9 Å². The van der Waals surface area contributed by atoms with Gasteiger partial charge in [0.25, 0.3) is 0 Å². The number of rotatable bonds is 9. The van der Waals surface area contributed by atoms with Crippen LogP contribution in [0, 0.1) is 5.92 Å². The summed E-state index contributed by atoms with van der Waals surface area (Å²) in [5.74, 6) is -0.556. The predicted octanol–water partition coefficient (Wildman–Crippen LogP) is 1.85. The van der Waals surface area contributed by atoms with E-state index in [0.29, 0.717) is 62.9 Å². The van der Waals surface area contributed by atoms with Crippen molar-refractivity contribution < 1.29 is 19.1 Å². The fraction of sp³-hybridized carbons (Fsp3) is 0.690. The van der Waals surface area contributed by atoms with Gasteiger partial charge in [0, 0.05) is 44.8 Å². The molecule has 218 valence electrons. The van der Waals surface area contributed by atoms with Crippen LogP contribution in [0.1, 0.15) is 57.8 Å². The Morgan fingerprint density at radius 2 is 1.73 bits per heavy atom. The summed E-state index contributed by atoms with van der Waals surface area (Å²) in [5, 5.41) is 0.320. The van der Waals surface area contributed by atoms with Crippen molar-refractivity contribution in [2.75, 3.05) is 59.0 Å². The molecule has 10 nitrogen and oxygen atoms in total. The molecule has 0 aromatic rings. The smallest absolute Gasteiger partial charge is 0.241 e. The molecule has 0 saturated carbocycles. The highest BCUT2D eigenvalue weighted by Gasteiger charge is 2.45. The van der Waals surface area contributed by atoms with Gasteiger partial charge >= 0.3 is 0 Å². The van der Waals surface area contributed by atoms with Gasteiger partial charge < -0.3 is 20.3 Å². The number of nitrogens with zero attached hydrogens (tertiary/aromatic N) is 5. The van der Waals surface area contributed by atoms with Crippen LogP contribution in [-0.2, 0) is 19.1 Å². The molecule has 3 fully saturated rings. The average Bonchev–Trinajstić information content (AvgIpc) is 2.99. The monoisotopic (exact) mass is 570 g/mol. The van der Waals surface area contributed by atoms with Crippen molar-refractivity contribution in [3.8, 4) is 0 Å². The Kier molecular flexibility index (Phi) is 9.32. The molecule has 3 saturated heterocycles. The number of thiocarbonyl (C=S) groups is 1. The first kappa shape index (κ1) is 28.9. The first-order chi connectivity index (χ1) is 19.4. The van der Waals surface area contributed by atoms with Crippen molar-refractivity contribution in [2.45, 2.75) is 63.3 Å². The number of fused-ring (bicyclic) bond motifs is 1. The van der Waals surface area contributed by atoms with Crippen LogP contribution in [0.2, 0.25) is 0 Å². The molecular formula is C29H42N6O4S. The second kappa shape index (κ2) is 12.9. The number of carbonyl (C=O) groups is 3. The first-order valence-electron chi connectivity index (χ1n) is 14.9. The summed E-state index contributed by atoms with van der Waals surface area (Å²) in [6.07, 6.45) is 13.3. The molecule has 0 spiro atoms. The van der Waals surface area contributed by atoms with Gasteiger partial charge in [-0.05, 0) is 82.1 Å². The number of hydrogen-bond donors (Lipinski definition) is 1. The van der Waals surface area contributed by atoms with Crippen LogP contribution >= 0.6 is 12.2 Å². The summed E-state index contributed by atoms with van der Waals surface area (Å²) in [4.78, 5) is 51.3. The van der Waals surface area contributed by atoms with Gasteiger partial charge in [0.1, 0.15) is 11.5 Å². The third-order valence-electron chi connectivity index (χ3n) is 9.08. The summed E-state index contributed by atoms with van der Waals surface area (Å²) in [5.41, 5.74) is 7.02. The molecule has 0 aromatic heterocycles. The number of hydrogen-bond acceptors (Lipinski definition) is 7. The molecule has 40 heavy (non-hydrogen) atoms. The van der Waals surface area contributed by atoms with Crippen LogP contribution in [0.15, 0.2) is 28.9 Å². The number of morpholine rings is 1. The maximum Gasteiger partial charge on any atom is 0.241 e. The van der Waals surface area contributed by atoms with E-state index in [0.717, 1.165) is 64.0 Å². The van der Waals surface area contributed by atoms with E-state index in [9.17, 15) is 14.4 Å². The van der Waals surface area contributed by atoms with Gasteiger partial charge in [-0.3, -0.25) is 24.2 Å². The lowest BCUT2D eigenvalue weighted by atomic mass is 9.83. The Hall–Kier alpha value is -2.63. The normalized spacial score (nSPS) is 25.4.